The summed E-state index contributed by atoms with van der Waals surface area (Å²) in [6.07, 6.45) is -2.40. The zero-order chi connectivity index (χ0) is 23.6. The molecule has 0 atom stereocenters. The van der Waals surface area contributed by atoms with Gasteiger partial charge in [-0.3, -0.25) is 4.79 Å². The smallest absolute Gasteiger partial charge is 0.416 e. The molecule has 3 aromatic rings. The Balaban J connectivity index is 1.48. The number of halogens is 4. The molecule has 0 saturated carbocycles. The molecule has 4 rings (SSSR count). The normalized spacial score (nSPS) is 13.9. The van der Waals surface area contributed by atoms with Gasteiger partial charge in [0, 0.05) is 12.1 Å². The van der Waals surface area contributed by atoms with E-state index in [2.05, 4.69) is 20.5 Å². The molecule has 1 amide bonds. The first-order valence-corrected chi connectivity index (χ1v) is 9.65. The van der Waals surface area contributed by atoms with Gasteiger partial charge < -0.3 is 19.7 Å². The molecule has 1 saturated heterocycles. The van der Waals surface area contributed by atoms with Crippen LogP contribution in [0, 0.1) is 5.82 Å². The molecule has 172 valence electrons. The van der Waals surface area contributed by atoms with E-state index >= 15 is 0 Å². The number of anilines is 2. The Morgan fingerprint density at radius 2 is 1.94 bits per heavy atom. The molecule has 33 heavy (non-hydrogen) atoms. The number of aromatic nitrogens is 3. The van der Waals surface area contributed by atoms with Crippen molar-refractivity contribution in [1.29, 1.82) is 0 Å². The van der Waals surface area contributed by atoms with Gasteiger partial charge >= 0.3 is 6.18 Å². The molecular formula is C21H17F4N5O3. The number of pyridine rings is 1. The van der Waals surface area contributed by atoms with Crippen molar-refractivity contribution in [3.05, 3.63) is 65.9 Å². The summed E-state index contributed by atoms with van der Waals surface area (Å²) in [4.78, 5) is 18.8. The van der Waals surface area contributed by atoms with Crippen molar-refractivity contribution in [1.82, 2.24) is 15.2 Å². The van der Waals surface area contributed by atoms with Crippen molar-refractivity contribution in [3.8, 4) is 11.6 Å². The Labute approximate surface area is 185 Å². The van der Waals surface area contributed by atoms with Crippen LogP contribution >= 0.6 is 0 Å². The van der Waals surface area contributed by atoms with Crippen LogP contribution in [0.2, 0.25) is 0 Å². The fourth-order valence-corrected chi connectivity index (χ4v) is 3.22. The second-order valence-corrected chi connectivity index (χ2v) is 7.12. The highest BCUT2D eigenvalue weighted by atomic mass is 19.4. The van der Waals surface area contributed by atoms with Gasteiger partial charge in [-0.05, 0) is 24.3 Å². The average molecular weight is 463 g/mol. The summed E-state index contributed by atoms with van der Waals surface area (Å²) in [5, 5.41) is 10.0. The van der Waals surface area contributed by atoms with Crippen LogP contribution in [-0.4, -0.2) is 47.4 Å². The van der Waals surface area contributed by atoms with E-state index in [0.717, 1.165) is 12.1 Å². The molecule has 1 aromatic carbocycles. The number of carbonyl (C=O) groups is 1. The summed E-state index contributed by atoms with van der Waals surface area (Å²) in [5.74, 6) is -1.55. The van der Waals surface area contributed by atoms with Gasteiger partial charge in [0.25, 0.3) is 5.91 Å². The zero-order valence-electron chi connectivity index (χ0n) is 17.1. The monoisotopic (exact) mass is 463 g/mol. The number of benzene rings is 1. The maximum Gasteiger partial charge on any atom is 0.416 e. The maximum absolute atomic E-state index is 13.6. The summed E-state index contributed by atoms with van der Waals surface area (Å²) < 4.78 is 63.0. The molecule has 1 aliphatic rings. The molecule has 0 unspecified atom stereocenters. The number of ether oxygens (including phenoxy) is 2. The Hall–Kier alpha value is -3.96. The minimum Gasteiger partial charge on any atom is -0.487 e. The first kappa shape index (κ1) is 22.2. The van der Waals surface area contributed by atoms with Crippen molar-refractivity contribution in [2.45, 2.75) is 12.3 Å². The van der Waals surface area contributed by atoms with Gasteiger partial charge in [-0.1, -0.05) is 0 Å². The van der Waals surface area contributed by atoms with Crippen LogP contribution in [-0.2, 0) is 6.18 Å². The quantitative estimate of drug-likeness (QED) is 0.559. The highest BCUT2D eigenvalue weighted by Gasteiger charge is 2.34. The summed E-state index contributed by atoms with van der Waals surface area (Å²) in [5.41, 5.74) is -0.153. The second-order valence-electron chi connectivity index (χ2n) is 7.12. The van der Waals surface area contributed by atoms with Gasteiger partial charge in [0.05, 0.1) is 49.5 Å². The summed E-state index contributed by atoms with van der Waals surface area (Å²) in [6.45, 7) is 0.506. The van der Waals surface area contributed by atoms with E-state index in [1.807, 2.05) is 0 Å². The lowest BCUT2D eigenvalue weighted by Gasteiger charge is -2.41. The van der Waals surface area contributed by atoms with E-state index in [-0.39, 0.29) is 30.4 Å². The number of nitrogens with zero attached hydrogens (tertiary/aromatic N) is 4. The van der Waals surface area contributed by atoms with Crippen molar-refractivity contribution in [2.75, 3.05) is 30.4 Å². The second kappa shape index (κ2) is 8.88. The minimum atomic E-state index is -4.69. The van der Waals surface area contributed by atoms with Crippen molar-refractivity contribution < 1.29 is 31.8 Å². The van der Waals surface area contributed by atoms with Gasteiger partial charge in [-0.15, -0.1) is 0 Å². The fraction of sp³-hybridized carbons (Fsp3) is 0.238. The third kappa shape index (κ3) is 5.10. The van der Waals surface area contributed by atoms with Crippen LogP contribution in [0.1, 0.15) is 16.1 Å². The summed E-state index contributed by atoms with van der Waals surface area (Å²) in [7, 11) is 1.41. The average Bonchev–Trinajstić information content (AvgIpc) is 2.75. The predicted molar refractivity (Wildman–Crippen MR) is 109 cm³/mol. The Kier molecular flexibility index (Phi) is 5.99. The first-order valence-electron chi connectivity index (χ1n) is 9.65. The molecular weight excluding hydrogens is 446 g/mol. The van der Waals surface area contributed by atoms with Crippen molar-refractivity contribution >= 4 is 17.3 Å². The Morgan fingerprint density at radius 3 is 2.61 bits per heavy atom. The molecule has 1 aliphatic heterocycles. The molecule has 2 aromatic heterocycles. The Bertz CT molecular complexity index is 1150. The van der Waals surface area contributed by atoms with Crippen LogP contribution in [0.3, 0.4) is 0 Å². The lowest BCUT2D eigenvalue weighted by Crippen LogP contribution is -2.54. The SMILES string of the molecule is COc1ccc(N2CC(Oc3cc(F)cc(C(F)(F)F)c3)C2)c(C(=O)Nc2ccnnc2)n1. The topological polar surface area (TPSA) is 89.5 Å². The molecule has 3 heterocycles. The van der Waals surface area contributed by atoms with E-state index in [1.165, 1.54) is 19.5 Å². The van der Waals surface area contributed by atoms with Gasteiger partial charge in [-0.25, -0.2) is 9.37 Å². The number of hydrogen-bond donors (Lipinski definition) is 1. The lowest BCUT2D eigenvalue weighted by atomic mass is 10.1. The molecule has 0 aliphatic carbocycles. The molecule has 0 bridgehead atoms. The number of nitrogens with one attached hydrogen (secondary N) is 1. The van der Waals surface area contributed by atoms with Crippen molar-refractivity contribution in [2.24, 2.45) is 0 Å². The maximum atomic E-state index is 13.6. The highest BCUT2D eigenvalue weighted by Crippen LogP contribution is 2.34. The largest absolute Gasteiger partial charge is 0.487 e. The van der Waals surface area contributed by atoms with E-state index in [1.54, 1.807) is 23.1 Å². The molecule has 0 spiro atoms. The van der Waals surface area contributed by atoms with Crippen LogP contribution in [0.4, 0.5) is 28.9 Å². The molecule has 12 heteroatoms. The van der Waals surface area contributed by atoms with Crippen LogP contribution in [0.25, 0.3) is 0 Å². The van der Waals surface area contributed by atoms with Crippen molar-refractivity contribution in [3.63, 3.8) is 0 Å². The molecule has 0 radical (unpaired) electrons. The van der Waals surface area contributed by atoms with Gasteiger partial charge in [0.15, 0.2) is 5.69 Å². The number of rotatable bonds is 6. The summed E-state index contributed by atoms with van der Waals surface area (Å²) in [6, 6.07) is 6.84. The first-order chi connectivity index (χ1) is 15.7. The number of alkyl halides is 3. The van der Waals surface area contributed by atoms with E-state index in [0.29, 0.717) is 17.4 Å². The van der Waals surface area contributed by atoms with Gasteiger partial charge in [0.2, 0.25) is 5.88 Å². The van der Waals surface area contributed by atoms with Crippen LogP contribution < -0.4 is 19.7 Å². The highest BCUT2D eigenvalue weighted by molar-refractivity contribution is 6.06. The fourth-order valence-electron chi connectivity index (χ4n) is 3.22. The third-order valence-corrected chi connectivity index (χ3v) is 4.80. The van der Waals surface area contributed by atoms with E-state index in [4.69, 9.17) is 9.47 Å². The molecule has 8 nitrogen and oxygen atoms in total. The number of hydrogen-bond acceptors (Lipinski definition) is 7. The predicted octanol–water partition coefficient (Wildman–Crippen LogP) is 3.56. The minimum absolute atomic E-state index is 0.0784. The number of carbonyl (C=O) groups excluding carboxylic acids is 1. The molecule has 1 N–H and O–H groups in total. The Morgan fingerprint density at radius 1 is 1.15 bits per heavy atom. The van der Waals surface area contributed by atoms with Crippen LogP contribution in [0.15, 0.2) is 48.8 Å². The standard InChI is InChI=1S/C21H17F4N5O3/c1-32-18-3-2-17(19(29-18)20(31)28-14-4-5-26-27-9-14)30-10-16(11-30)33-15-7-12(21(23,24)25)6-13(22)8-15/h2-9,16H,10-11H2,1H3,(H,26,28,31). The van der Waals surface area contributed by atoms with E-state index < -0.39 is 29.6 Å². The van der Waals surface area contributed by atoms with Gasteiger partial charge in [-0.2, -0.15) is 23.4 Å². The molecule has 1 fully saturated rings. The number of amides is 1. The summed E-state index contributed by atoms with van der Waals surface area (Å²) >= 11 is 0. The third-order valence-electron chi connectivity index (χ3n) is 4.80. The van der Waals surface area contributed by atoms with Crippen LogP contribution in [0.5, 0.6) is 11.6 Å². The van der Waals surface area contributed by atoms with Gasteiger partial charge in [0.1, 0.15) is 17.7 Å². The zero-order valence-corrected chi connectivity index (χ0v) is 17.1. The number of methoxy groups -OCH3 is 1. The lowest BCUT2D eigenvalue weighted by molar-refractivity contribution is -0.137. The van der Waals surface area contributed by atoms with E-state index in [9.17, 15) is 22.4 Å².